The second-order valence-corrected chi connectivity index (χ2v) is 9.60. The van der Waals surface area contributed by atoms with Crippen LogP contribution in [0.25, 0.3) is 17.4 Å². The van der Waals surface area contributed by atoms with Gasteiger partial charge in [-0.2, -0.15) is 10.2 Å². The van der Waals surface area contributed by atoms with E-state index in [2.05, 4.69) is 26.2 Å². The molecule has 10 nitrogen and oxygen atoms in total. The van der Waals surface area contributed by atoms with Crippen LogP contribution in [-0.4, -0.2) is 24.7 Å². The number of hydrogen-bond acceptors (Lipinski definition) is 6. The number of halogens is 1. The number of pyridine rings is 1. The van der Waals surface area contributed by atoms with Gasteiger partial charge in [-0.3, -0.25) is 23.5 Å². The minimum absolute atomic E-state index is 0.0113. The molecule has 0 spiro atoms. The highest BCUT2D eigenvalue weighted by Gasteiger charge is 2.22. The van der Waals surface area contributed by atoms with Gasteiger partial charge in [-0.1, -0.05) is 40.2 Å². The van der Waals surface area contributed by atoms with Crippen LogP contribution in [0.1, 0.15) is 11.3 Å². The summed E-state index contributed by atoms with van der Waals surface area (Å²) in [7, 11) is 1.69. The average Bonchev–Trinajstić information content (AvgIpc) is 3.17. The monoisotopic (exact) mass is 596 g/mol. The molecule has 0 bridgehead atoms. The molecule has 0 saturated heterocycles. The van der Waals surface area contributed by atoms with Crippen molar-refractivity contribution in [2.45, 2.75) is 6.92 Å². The standard InChI is InChI=1S/C29H21BrN6O4/c1-18-25(29(39)36(34(18)2)21-8-4-3-5-9-21)33-26(37)19(17-31)16-23-27(40-22-13-11-20(30)12-14-22)32-24-10-6-7-15-35(24)28(23)38/h3-16H,1-2H3,(H,33,37). The normalized spacial score (nSPS) is 11.3. The number of nitriles is 1. The summed E-state index contributed by atoms with van der Waals surface area (Å²) in [6.45, 7) is 1.68. The zero-order valence-electron chi connectivity index (χ0n) is 21.3. The van der Waals surface area contributed by atoms with Gasteiger partial charge in [-0.05, 0) is 61.5 Å². The summed E-state index contributed by atoms with van der Waals surface area (Å²) in [5, 5.41) is 12.4. The second-order valence-electron chi connectivity index (χ2n) is 8.68. The van der Waals surface area contributed by atoms with E-state index < -0.39 is 22.6 Å². The molecule has 3 heterocycles. The van der Waals surface area contributed by atoms with Crippen LogP contribution in [0.15, 0.2) is 98.6 Å². The van der Waals surface area contributed by atoms with Crippen molar-refractivity contribution in [3.63, 3.8) is 0 Å². The molecule has 0 unspecified atom stereocenters. The van der Waals surface area contributed by atoms with Gasteiger partial charge in [-0.25, -0.2) is 4.68 Å². The Balaban J connectivity index is 1.57. The lowest BCUT2D eigenvalue weighted by atomic mass is 10.1. The molecule has 0 aliphatic rings. The fraction of sp³-hybridized carbons (Fsp3) is 0.0690. The van der Waals surface area contributed by atoms with E-state index in [4.69, 9.17) is 4.74 Å². The fourth-order valence-corrected chi connectivity index (χ4v) is 4.35. The quantitative estimate of drug-likeness (QED) is 0.226. The Morgan fingerprint density at radius 1 is 1.02 bits per heavy atom. The molecule has 0 radical (unpaired) electrons. The maximum absolute atomic E-state index is 13.4. The summed E-state index contributed by atoms with van der Waals surface area (Å²) < 4.78 is 11.0. The first kappa shape index (κ1) is 26.4. The molecule has 198 valence electrons. The molecule has 11 heteroatoms. The number of carbonyl (C=O) groups is 1. The van der Waals surface area contributed by atoms with Crippen LogP contribution in [0.2, 0.25) is 0 Å². The molecule has 5 aromatic rings. The van der Waals surface area contributed by atoms with E-state index in [0.717, 1.165) is 10.5 Å². The lowest BCUT2D eigenvalue weighted by Gasteiger charge is -2.10. The summed E-state index contributed by atoms with van der Waals surface area (Å²) in [5.41, 5.74) is -0.109. The molecule has 0 fully saturated rings. The van der Waals surface area contributed by atoms with Crippen LogP contribution in [0.4, 0.5) is 5.69 Å². The average molecular weight is 597 g/mol. The van der Waals surface area contributed by atoms with Gasteiger partial charge in [0.15, 0.2) is 0 Å². The maximum Gasteiger partial charge on any atom is 0.295 e. The molecule has 3 aromatic heterocycles. The minimum Gasteiger partial charge on any atom is -0.438 e. The summed E-state index contributed by atoms with van der Waals surface area (Å²) in [5.74, 6) is -0.545. The Hall–Kier alpha value is -5.21. The Bertz CT molecular complexity index is 1950. The third kappa shape index (κ3) is 4.95. The number of rotatable bonds is 6. The number of benzene rings is 2. The first-order valence-electron chi connectivity index (χ1n) is 12.0. The van der Waals surface area contributed by atoms with Crippen LogP contribution in [0.5, 0.6) is 11.6 Å². The number of ether oxygens (including phenoxy) is 1. The molecule has 0 atom stereocenters. The Morgan fingerprint density at radius 3 is 2.42 bits per heavy atom. The number of nitrogens with one attached hydrogen (secondary N) is 1. The highest BCUT2D eigenvalue weighted by Crippen LogP contribution is 2.26. The number of carbonyl (C=O) groups excluding carboxylic acids is 1. The Labute approximate surface area is 236 Å². The zero-order valence-corrected chi connectivity index (χ0v) is 22.9. The van der Waals surface area contributed by atoms with E-state index in [1.54, 1.807) is 85.4 Å². The van der Waals surface area contributed by atoms with Crippen molar-refractivity contribution in [2.24, 2.45) is 7.05 Å². The molecule has 5 rings (SSSR count). The number of fused-ring (bicyclic) bond motifs is 1. The summed E-state index contributed by atoms with van der Waals surface area (Å²) in [6.07, 6.45) is 2.64. The third-order valence-corrected chi connectivity index (χ3v) is 6.74. The lowest BCUT2D eigenvalue weighted by Crippen LogP contribution is -2.24. The van der Waals surface area contributed by atoms with Gasteiger partial charge in [0.1, 0.15) is 34.3 Å². The Kier molecular flexibility index (Phi) is 7.18. The van der Waals surface area contributed by atoms with Crippen molar-refractivity contribution in [3.8, 4) is 23.4 Å². The first-order valence-corrected chi connectivity index (χ1v) is 12.8. The smallest absolute Gasteiger partial charge is 0.295 e. The van der Waals surface area contributed by atoms with Crippen LogP contribution >= 0.6 is 15.9 Å². The predicted octanol–water partition coefficient (Wildman–Crippen LogP) is 4.59. The highest BCUT2D eigenvalue weighted by atomic mass is 79.9. The molecular formula is C29H21BrN6O4. The van der Waals surface area contributed by atoms with Gasteiger partial charge < -0.3 is 10.1 Å². The second kappa shape index (κ2) is 10.9. The number of aromatic nitrogens is 4. The fourth-order valence-electron chi connectivity index (χ4n) is 4.08. The largest absolute Gasteiger partial charge is 0.438 e. The van der Waals surface area contributed by atoms with Gasteiger partial charge in [0.05, 0.1) is 11.4 Å². The molecule has 0 aliphatic carbocycles. The molecule has 1 N–H and O–H groups in total. The molecule has 0 saturated carbocycles. The van der Waals surface area contributed by atoms with Crippen molar-refractivity contribution < 1.29 is 9.53 Å². The van der Waals surface area contributed by atoms with Crippen LogP contribution in [0.3, 0.4) is 0 Å². The number of para-hydroxylation sites is 1. The van der Waals surface area contributed by atoms with Crippen LogP contribution in [0, 0.1) is 18.3 Å². The van der Waals surface area contributed by atoms with E-state index in [9.17, 15) is 19.6 Å². The lowest BCUT2D eigenvalue weighted by molar-refractivity contribution is -0.112. The molecular weight excluding hydrogens is 576 g/mol. The number of nitrogens with zero attached hydrogens (tertiary/aromatic N) is 5. The van der Waals surface area contributed by atoms with Crippen molar-refractivity contribution >= 4 is 39.2 Å². The van der Waals surface area contributed by atoms with Gasteiger partial charge in [0, 0.05) is 17.7 Å². The van der Waals surface area contributed by atoms with Crippen molar-refractivity contribution in [3.05, 3.63) is 121 Å². The molecule has 2 aromatic carbocycles. The maximum atomic E-state index is 13.4. The van der Waals surface area contributed by atoms with Crippen molar-refractivity contribution in [2.75, 3.05) is 5.32 Å². The van der Waals surface area contributed by atoms with E-state index in [1.165, 1.54) is 15.3 Å². The summed E-state index contributed by atoms with van der Waals surface area (Å²) in [6, 6.07) is 22.7. The van der Waals surface area contributed by atoms with E-state index in [0.29, 0.717) is 22.8 Å². The highest BCUT2D eigenvalue weighted by molar-refractivity contribution is 9.10. The Morgan fingerprint density at radius 2 is 1.73 bits per heavy atom. The predicted molar refractivity (Wildman–Crippen MR) is 154 cm³/mol. The van der Waals surface area contributed by atoms with E-state index in [-0.39, 0.29) is 17.1 Å². The third-order valence-electron chi connectivity index (χ3n) is 6.21. The molecule has 1 amide bonds. The number of anilines is 1. The van der Waals surface area contributed by atoms with E-state index in [1.807, 2.05) is 12.1 Å². The zero-order chi connectivity index (χ0) is 28.4. The first-order chi connectivity index (χ1) is 19.3. The summed E-state index contributed by atoms with van der Waals surface area (Å²) >= 11 is 3.36. The van der Waals surface area contributed by atoms with Gasteiger partial charge >= 0.3 is 0 Å². The van der Waals surface area contributed by atoms with Gasteiger partial charge in [0.2, 0.25) is 5.88 Å². The molecule has 40 heavy (non-hydrogen) atoms. The molecule has 0 aliphatic heterocycles. The van der Waals surface area contributed by atoms with Crippen LogP contribution in [-0.2, 0) is 11.8 Å². The SMILES string of the molecule is Cc1c(NC(=O)C(C#N)=Cc2c(Oc3ccc(Br)cc3)nc3ccccn3c2=O)c(=O)n(-c2ccccc2)n1C. The van der Waals surface area contributed by atoms with Crippen molar-refractivity contribution in [1.29, 1.82) is 5.26 Å². The minimum atomic E-state index is -0.860. The van der Waals surface area contributed by atoms with E-state index >= 15 is 0 Å². The van der Waals surface area contributed by atoms with Crippen LogP contribution < -0.4 is 21.2 Å². The van der Waals surface area contributed by atoms with Crippen molar-refractivity contribution in [1.82, 2.24) is 18.7 Å². The topological polar surface area (TPSA) is 123 Å². The van der Waals surface area contributed by atoms with Gasteiger partial charge in [0.25, 0.3) is 17.0 Å². The summed E-state index contributed by atoms with van der Waals surface area (Å²) in [4.78, 5) is 44.4. The van der Waals surface area contributed by atoms with Gasteiger partial charge in [-0.15, -0.1) is 0 Å². The number of amides is 1. The number of hydrogen-bond donors (Lipinski definition) is 1.